The zero-order valence-corrected chi connectivity index (χ0v) is 16.8. The summed E-state index contributed by atoms with van der Waals surface area (Å²) in [6.07, 6.45) is 0.697. The van der Waals surface area contributed by atoms with E-state index in [1.807, 2.05) is 31.2 Å². The van der Waals surface area contributed by atoms with E-state index in [-0.39, 0.29) is 11.7 Å². The molecule has 6 heteroatoms. The Morgan fingerprint density at radius 1 is 1.07 bits per heavy atom. The van der Waals surface area contributed by atoms with Crippen LogP contribution in [-0.2, 0) is 0 Å². The van der Waals surface area contributed by atoms with Gasteiger partial charge in [-0.15, -0.1) is 23.2 Å². The Hall–Kier alpha value is -2.17. The van der Waals surface area contributed by atoms with Gasteiger partial charge in [-0.25, -0.2) is 4.39 Å². The number of rotatable bonds is 7. The largest absolute Gasteiger partial charge is 0.388 e. The van der Waals surface area contributed by atoms with Crippen LogP contribution in [0.5, 0.6) is 0 Å². The van der Waals surface area contributed by atoms with Crippen LogP contribution in [0.25, 0.3) is 5.70 Å². The van der Waals surface area contributed by atoms with E-state index in [1.165, 1.54) is 12.1 Å². The SMILES string of the molecule is C=C(Nc1cc(F)cc(NC)c1)c1cc(NC(=C)C2CC2(Cl)Cl)ccc1C. The first kappa shape index (κ1) is 19.6. The van der Waals surface area contributed by atoms with Crippen LogP contribution >= 0.6 is 23.2 Å². The molecule has 1 saturated carbocycles. The summed E-state index contributed by atoms with van der Waals surface area (Å²) in [6, 6.07) is 10.6. The Labute approximate surface area is 169 Å². The normalized spacial score (nSPS) is 17.1. The lowest BCUT2D eigenvalue weighted by Gasteiger charge is -2.16. The Kier molecular flexibility index (Phi) is 5.41. The van der Waals surface area contributed by atoms with Gasteiger partial charge >= 0.3 is 0 Å². The average molecular weight is 406 g/mol. The van der Waals surface area contributed by atoms with E-state index < -0.39 is 4.33 Å². The number of nitrogens with one attached hydrogen (secondary N) is 3. The molecule has 0 saturated heterocycles. The number of benzene rings is 2. The van der Waals surface area contributed by atoms with Gasteiger partial charge in [0, 0.05) is 47.0 Å². The van der Waals surface area contributed by atoms with Crippen LogP contribution in [0.3, 0.4) is 0 Å². The molecule has 0 heterocycles. The van der Waals surface area contributed by atoms with Crippen LogP contribution in [0, 0.1) is 18.7 Å². The van der Waals surface area contributed by atoms with Crippen LogP contribution in [0.4, 0.5) is 21.5 Å². The summed E-state index contributed by atoms with van der Waals surface area (Å²) in [6.45, 7) is 10.1. The summed E-state index contributed by atoms with van der Waals surface area (Å²) in [4.78, 5) is 0. The van der Waals surface area contributed by atoms with Crippen LogP contribution in [0.2, 0.25) is 0 Å². The van der Waals surface area contributed by atoms with E-state index in [0.29, 0.717) is 23.5 Å². The predicted octanol–water partition coefficient (Wildman–Crippen LogP) is 6.38. The fourth-order valence-corrected chi connectivity index (χ4v) is 3.51. The highest BCUT2D eigenvalue weighted by atomic mass is 35.5. The van der Waals surface area contributed by atoms with Gasteiger partial charge in [-0.2, -0.15) is 0 Å². The van der Waals surface area contributed by atoms with E-state index in [4.69, 9.17) is 23.2 Å². The van der Waals surface area contributed by atoms with E-state index in [0.717, 1.165) is 22.5 Å². The van der Waals surface area contributed by atoms with E-state index in [9.17, 15) is 4.39 Å². The molecular weight excluding hydrogens is 384 g/mol. The number of anilines is 3. The van der Waals surface area contributed by atoms with Gasteiger partial charge in [-0.1, -0.05) is 19.2 Å². The van der Waals surface area contributed by atoms with Crippen molar-refractivity contribution in [2.45, 2.75) is 17.7 Å². The minimum atomic E-state index is -0.717. The van der Waals surface area contributed by atoms with Gasteiger partial charge in [0.05, 0.1) is 0 Å². The Morgan fingerprint density at radius 2 is 1.74 bits per heavy atom. The number of hydrogen-bond donors (Lipinski definition) is 3. The third kappa shape index (κ3) is 4.57. The first-order valence-electron chi connectivity index (χ1n) is 8.58. The predicted molar refractivity (Wildman–Crippen MR) is 115 cm³/mol. The van der Waals surface area contributed by atoms with Gasteiger partial charge in [0.1, 0.15) is 10.2 Å². The van der Waals surface area contributed by atoms with E-state index >= 15 is 0 Å². The molecule has 0 spiro atoms. The maximum atomic E-state index is 13.7. The van der Waals surface area contributed by atoms with Gasteiger partial charge in [0.2, 0.25) is 0 Å². The molecule has 0 aromatic heterocycles. The van der Waals surface area contributed by atoms with E-state index in [1.54, 1.807) is 7.05 Å². The third-order valence-electron chi connectivity index (χ3n) is 4.60. The number of alkyl halides is 2. The van der Waals surface area contributed by atoms with Crippen molar-refractivity contribution < 1.29 is 4.39 Å². The summed E-state index contributed by atoms with van der Waals surface area (Å²) < 4.78 is 13.0. The molecule has 142 valence electrons. The zero-order valence-electron chi connectivity index (χ0n) is 15.3. The van der Waals surface area contributed by atoms with Crippen molar-refractivity contribution in [2.75, 3.05) is 23.0 Å². The summed E-state index contributed by atoms with van der Waals surface area (Å²) in [5.41, 5.74) is 5.60. The molecule has 2 aromatic carbocycles. The van der Waals surface area contributed by atoms with Crippen LogP contribution in [0.15, 0.2) is 55.3 Å². The number of hydrogen-bond acceptors (Lipinski definition) is 3. The van der Waals surface area contributed by atoms with Crippen molar-refractivity contribution >= 4 is 46.0 Å². The molecule has 0 radical (unpaired) electrons. The number of halogens is 3. The van der Waals surface area contributed by atoms with Gasteiger partial charge in [-0.05, 0) is 49.2 Å². The Bertz CT molecular complexity index is 908. The molecule has 2 aromatic rings. The standard InChI is InChI=1S/C21H22Cl2FN3/c1-12-5-6-16(27-14(3)20-11-21(20,22)23)10-19(12)13(2)26-18-8-15(24)7-17(9-18)25-4/h5-10,20,25-27H,2-3,11H2,1,4H3. The Balaban J connectivity index is 1.76. The van der Waals surface area contributed by atoms with Crippen LogP contribution < -0.4 is 16.0 Å². The molecule has 1 unspecified atom stereocenters. The quantitative estimate of drug-likeness (QED) is 0.467. The van der Waals surface area contributed by atoms with Gasteiger partial charge in [0.25, 0.3) is 0 Å². The molecule has 3 N–H and O–H groups in total. The maximum Gasteiger partial charge on any atom is 0.127 e. The zero-order chi connectivity index (χ0) is 19.8. The van der Waals surface area contributed by atoms with Crippen molar-refractivity contribution in [3.8, 4) is 0 Å². The second-order valence-corrected chi connectivity index (χ2v) is 8.32. The smallest absolute Gasteiger partial charge is 0.127 e. The molecule has 27 heavy (non-hydrogen) atoms. The Morgan fingerprint density at radius 3 is 2.37 bits per heavy atom. The maximum absolute atomic E-state index is 13.7. The molecule has 1 aliphatic carbocycles. The molecule has 1 fully saturated rings. The first-order valence-corrected chi connectivity index (χ1v) is 9.34. The molecule has 3 rings (SSSR count). The topological polar surface area (TPSA) is 36.1 Å². The van der Waals surface area contributed by atoms with Crippen molar-refractivity contribution in [3.63, 3.8) is 0 Å². The molecule has 0 amide bonds. The second kappa shape index (κ2) is 7.45. The third-order valence-corrected chi connectivity index (χ3v) is 5.43. The highest BCUT2D eigenvalue weighted by molar-refractivity contribution is 6.51. The average Bonchev–Trinajstić information content (AvgIpc) is 3.24. The summed E-state index contributed by atoms with van der Waals surface area (Å²) in [5.74, 6) is -0.283. The molecule has 0 bridgehead atoms. The summed E-state index contributed by atoms with van der Waals surface area (Å²) >= 11 is 12.2. The fourth-order valence-electron chi connectivity index (χ4n) is 2.94. The van der Waals surface area contributed by atoms with Gasteiger partial charge in [-0.3, -0.25) is 0 Å². The molecule has 1 aliphatic rings. The van der Waals surface area contributed by atoms with Crippen molar-refractivity contribution in [3.05, 3.63) is 72.2 Å². The molecule has 0 aliphatic heterocycles. The fraction of sp³-hybridized carbons (Fsp3) is 0.238. The minimum absolute atomic E-state index is 0.0409. The lowest BCUT2D eigenvalue weighted by atomic mass is 10.0. The first-order chi connectivity index (χ1) is 12.7. The van der Waals surface area contributed by atoms with Gasteiger partial charge < -0.3 is 16.0 Å². The number of aryl methyl sites for hydroxylation is 1. The minimum Gasteiger partial charge on any atom is -0.388 e. The molecule has 1 atom stereocenters. The van der Waals surface area contributed by atoms with E-state index in [2.05, 4.69) is 29.1 Å². The van der Waals surface area contributed by atoms with Gasteiger partial charge in [0.15, 0.2) is 0 Å². The highest BCUT2D eigenvalue weighted by Crippen LogP contribution is 2.56. The van der Waals surface area contributed by atoms with Crippen molar-refractivity contribution in [1.29, 1.82) is 0 Å². The monoisotopic (exact) mass is 405 g/mol. The lowest BCUT2D eigenvalue weighted by Crippen LogP contribution is -2.06. The summed E-state index contributed by atoms with van der Waals surface area (Å²) in [5, 5.41) is 9.38. The van der Waals surface area contributed by atoms with Crippen LogP contribution in [0.1, 0.15) is 17.5 Å². The molecular formula is C21H22Cl2FN3. The lowest BCUT2D eigenvalue weighted by molar-refractivity contribution is 0.629. The van der Waals surface area contributed by atoms with Crippen molar-refractivity contribution in [1.82, 2.24) is 0 Å². The second-order valence-electron chi connectivity index (χ2n) is 6.78. The highest BCUT2D eigenvalue weighted by Gasteiger charge is 2.53. The van der Waals surface area contributed by atoms with Crippen molar-refractivity contribution in [2.24, 2.45) is 5.92 Å². The number of allylic oxidation sites excluding steroid dienone is 1. The summed E-state index contributed by atoms with van der Waals surface area (Å²) in [7, 11) is 1.75. The van der Waals surface area contributed by atoms with Crippen LogP contribution in [-0.4, -0.2) is 11.4 Å². The molecule has 3 nitrogen and oxygen atoms in total.